The van der Waals surface area contributed by atoms with Crippen molar-refractivity contribution in [2.75, 3.05) is 24.0 Å². The number of aliphatic hydroxyl groups is 1. The third-order valence-corrected chi connectivity index (χ3v) is 3.54. The van der Waals surface area contributed by atoms with Gasteiger partial charge in [0.2, 0.25) is 0 Å². The summed E-state index contributed by atoms with van der Waals surface area (Å²) in [5.41, 5.74) is 2.90. The van der Waals surface area contributed by atoms with Gasteiger partial charge in [0.15, 0.2) is 0 Å². The van der Waals surface area contributed by atoms with Gasteiger partial charge in [-0.25, -0.2) is 15.8 Å². The molecule has 0 aromatic carbocycles. The number of hydrazine groups is 1. The summed E-state index contributed by atoms with van der Waals surface area (Å²) < 4.78 is 0. The molecule has 1 rings (SSSR count). The summed E-state index contributed by atoms with van der Waals surface area (Å²) in [6.07, 6.45) is 0. The van der Waals surface area contributed by atoms with Gasteiger partial charge in [-0.1, -0.05) is 20.8 Å². The first-order valence-electron chi connectivity index (χ1n) is 6.75. The Bertz CT molecular complexity index is 479. The second kappa shape index (κ2) is 5.54. The number of nitrogens with two attached hydrogens (primary N) is 1. The Kier molecular flexibility index (Phi) is 4.61. The van der Waals surface area contributed by atoms with E-state index in [-0.39, 0.29) is 12.0 Å². The van der Waals surface area contributed by atoms with E-state index < -0.39 is 5.54 Å². The van der Waals surface area contributed by atoms with Crippen molar-refractivity contribution < 1.29 is 5.11 Å². The van der Waals surface area contributed by atoms with Gasteiger partial charge < -0.3 is 15.4 Å². The van der Waals surface area contributed by atoms with Gasteiger partial charge in [0, 0.05) is 18.0 Å². The second-order valence-corrected chi connectivity index (χ2v) is 6.77. The summed E-state index contributed by atoms with van der Waals surface area (Å²) in [4.78, 5) is 11.1. The lowest BCUT2D eigenvalue weighted by atomic mass is 9.95. The molecule has 0 atom stereocenters. The molecule has 0 saturated carbocycles. The number of hydrogen-bond donors (Lipinski definition) is 3. The van der Waals surface area contributed by atoms with Crippen LogP contribution in [0, 0.1) is 6.92 Å². The van der Waals surface area contributed by atoms with Crippen molar-refractivity contribution in [1.29, 1.82) is 0 Å². The number of anilines is 2. The van der Waals surface area contributed by atoms with E-state index in [9.17, 15) is 5.11 Å². The maximum Gasteiger partial charge on any atom is 0.148 e. The van der Waals surface area contributed by atoms with Gasteiger partial charge in [0.25, 0.3) is 0 Å². The molecule has 0 unspecified atom stereocenters. The van der Waals surface area contributed by atoms with E-state index in [4.69, 9.17) is 5.84 Å². The van der Waals surface area contributed by atoms with E-state index in [1.54, 1.807) is 0 Å². The number of nitrogens with one attached hydrogen (secondary N) is 1. The maximum absolute atomic E-state index is 9.55. The minimum atomic E-state index is -0.417. The van der Waals surface area contributed by atoms with E-state index in [0.717, 1.165) is 11.4 Å². The van der Waals surface area contributed by atoms with Crippen LogP contribution in [0.3, 0.4) is 0 Å². The summed E-state index contributed by atoms with van der Waals surface area (Å²) in [6.45, 7) is 12.0. The third-order valence-electron chi connectivity index (χ3n) is 3.54. The normalized spacial score (nSPS) is 12.4. The molecule has 0 aliphatic heterocycles. The van der Waals surface area contributed by atoms with Crippen molar-refractivity contribution in [3.8, 4) is 0 Å². The lowest BCUT2D eigenvalue weighted by molar-refractivity contribution is 0.215. The zero-order chi connectivity index (χ0) is 15.7. The molecular weight excluding hydrogens is 254 g/mol. The van der Waals surface area contributed by atoms with Crippen molar-refractivity contribution >= 4 is 11.6 Å². The minimum Gasteiger partial charge on any atom is -0.394 e. The van der Waals surface area contributed by atoms with Gasteiger partial charge >= 0.3 is 0 Å². The topological polar surface area (TPSA) is 87.3 Å². The highest BCUT2D eigenvalue weighted by atomic mass is 16.3. The average Bonchev–Trinajstić information content (AvgIpc) is 2.36. The quantitative estimate of drug-likeness (QED) is 0.573. The molecule has 1 aromatic rings. The Balaban J connectivity index is 3.46. The van der Waals surface area contributed by atoms with E-state index in [2.05, 4.69) is 36.2 Å². The van der Waals surface area contributed by atoms with Gasteiger partial charge in [-0.05, 0) is 20.8 Å². The molecule has 0 amide bonds. The van der Waals surface area contributed by atoms with Crippen molar-refractivity contribution in [3.05, 3.63) is 11.4 Å². The largest absolute Gasteiger partial charge is 0.394 e. The molecule has 0 aliphatic carbocycles. The molecule has 0 bridgehead atoms. The fourth-order valence-corrected chi connectivity index (χ4v) is 1.70. The molecule has 0 fully saturated rings. The summed E-state index contributed by atoms with van der Waals surface area (Å²) >= 11 is 0. The van der Waals surface area contributed by atoms with Crippen LogP contribution in [0.1, 0.15) is 46.0 Å². The van der Waals surface area contributed by atoms with Crippen molar-refractivity contribution in [3.63, 3.8) is 0 Å². The molecule has 114 valence electrons. The van der Waals surface area contributed by atoms with Gasteiger partial charge in [0.05, 0.1) is 12.1 Å². The third kappa shape index (κ3) is 3.19. The zero-order valence-corrected chi connectivity index (χ0v) is 13.6. The Labute approximate surface area is 121 Å². The summed E-state index contributed by atoms with van der Waals surface area (Å²) in [7, 11) is 1.91. The lowest BCUT2D eigenvalue weighted by Gasteiger charge is -2.36. The lowest BCUT2D eigenvalue weighted by Crippen LogP contribution is -2.45. The van der Waals surface area contributed by atoms with Gasteiger partial charge in [-0.3, -0.25) is 0 Å². The number of aliphatic hydroxyl groups excluding tert-OH is 1. The van der Waals surface area contributed by atoms with Crippen molar-refractivity contribution in [2.24, 2.45) is 5.84 Å². The first-order chi connectivity index (χ1) is 9.04. The monoisotopic (exact) mass is 281 g/mol. The van der Waals surface area contributed by atoms with Crippen LogP contribution in [0.15, 0.2) is 0 Å². The van der Waals surface area contributed by atoms with Crippen molar-refractivity contribution in [1.82, 2.24) is 9.97 Å². The van der Waals surface area contributed by atoms with Crippen molar-refractivity contribution in [2.45, 2.75) is 52.5 Å². The maximum atomic E-state index is 9.55. The number of hydrogen-bond acceptors (Lipinski definition) is 6. The molecule has 0 saturated heterocycles. The molecule has 20 heavy (non-hydrogen) atoms. The van der Waals surface area contributed by atoms with E-state index in [1.807, 2.05) is 32.7 Å². The van der Waals surface area contributed by atoms with E-state index >= 15 is 0 Å². The van der Waals surface area contributed by atoms with Crippen LogP contribution in [0.5, 0.6) is 0 Å². The smallest absolute Gasteiger partial charge is 0.148 e. The SMILES string of the molecule is Cc1c(NN)nc(C(C)(C)C)nc1N(C)C(C)(C)CO. The van der Waals surface area contributed by atoms with Crippen LogP contribution in [0.4, 0.5) is 11.6 Å². The minimum absolute atomic E-state index is 0.0309. The Hall–Kier alpha value is -1.40. The molecule has 0 aliphatic rings. The number of nitrogen functional groups attached to an aromatic ring is 1. The summed E-state index contributed by atoms with van der Waals surface area (Å²) in [5.74, 6) is 7.67. The van der Waals surface area contributed by atoms with Crippen LogP contribution in [-0.4, -0.2) is 34.3 Å². The van der Waals surface area contributed by atoms with Crippen LogP contribution in [-0.2, 0) is 5.41 Å². The molecule has 1 heterocycles. The highest BCUT2D eigenvalue weighted by molar-refractivity contribution is 5.59. The molecule has 1 aromatic heterocycles. The Morgan fingerprint density at radius 2 is 1.75 bits per heavy atom. The molecule has 6 nitrogen and oxygen atoms in total. The Morgan fingerprint density at radius 3 is 2.15 bits per heavy atom. The van der Waals surface area contributed by atoms with Crippen LogP contribution < -0.4 is 16.2 Å². The number of nitrogens with zero attached hydrogens (tertiary/aromatic N) is 3. The summed E-state index contributed by atoms with van der Waals surface area (Å²) in [6, 6.07) is 0. The average molecular weight is 281 g/mol. The first-order valence-corrected chi connectivity index (χ1v) is 6.75. The molecule has 4 N–H and O–H groups in total. The summed E-state index contributed by atoms with van der Waals surface area (Å²) in [5, 5.41) is 9.55. The molecule has 0 radical (unpaired) electrons. The predicted octanol–water partition coefficient (Wildman–Crippen LogP) is 1.58. The molecule has 6 heteroatoms. The first kappa shape index (κ1) is 16.7. The zero-order valence-electron chi connectivity index (χ0n) is 13.6. The van der Waals surface area contributed by atoms with Gasteiger partial charge in [-0.2, -0.15) is 0 Å². The molecule has 0 spiro atoms. The second-order valence-electron chi connectivity index (χ2n) is 6.77. The Morgan fingerprint density at radius 1 is 1.20 bits per heavy atom. The number of aromatic nitrogens is 2. The van der Waals surface area contributed by atoms with E-state index in [0.29, 0.717) is 11.6 Å². The van der Waals surface area contributed by atoms with Crippen LogP contribution >= 0.6 is 0 Å². The van der Waals surface area contributed by atoms with Crippen LogP contribution in [0.25, 0.3) is 0 Å². The van der Waals surface area contributed by atoms with Gasteiger partial charge in [0.1, 0.15) is 17.5 Å². The standard InChI is InChI=1S/C14H27N5O/c1-9-10(18-15)16-12(13(2,3)4)17-11(9)19(7)14(5,6)8-20/h20H,8,15H2,1-7H3,(H,16,17,18). The van der Waals surface area contributed by atoms with Crippen LogP contribution in [0.2, 0.25) is 0 Å². The highest BCUT2D eigenvalue weighted by Gasteiger charge is 2.28. The fraction of sp³-hybridized carbons (Fsp3) is 0.714. The number of likely N-dealkylation sites (N-methyl/N-ethyl adjacent to an activating group) is 1. The van der Waals surface area contributed by atoms with Gasteiger partial charge in [-0.15, -0.1) is 0 Å². The highest BCUT2D eigenvalue weighted by Crippen LogP contribution is 2.30. The number of rotatable bonds is 4. The predicted molar refractivity (Wildman–Crippen MR) is 82.8 cm³/mol. The van der Waals surface area contributed by atoms with E-state index in [1.165, 1.54) is 0 Å². The fourth-order valence-electron chi connectivity index (χ4n) is 1.70. The molecular formula is C14H27N5O.